The van der Waals surface area contributed by atoms with Crippen LogP contribution in [0.4, 0.5) is 0 Å². The van der Waals surface area contributed by atoms with E-state index in [2.05, 4.69) is 209 Å². The van der Waals surface area contributed by atoms with Gasteiger partial charge in [0.1, 0.15) is 0 Å². The Labute approximate surface area is 917 Å². The summed E-state index contributed by atoms with van der Waals surface area (Å²) in [5, 5.41) is 83.1. The van der Waals surface area contributed by atoms with Crippen molar-refractivity contribution in [2.75, 3.05) is 187 Å². The smallest absolute Gasteiger partial charge is 0.335 e. The first-order valence-corrected chi connectivity index (χ1v) is 59.6. The van der Waals surface area contributed by atoms with Crippen molar-refractivity contribution in [1.29, 1.82) is 0 Å². The average Bonchev–Trinajstić information content (AvgIpc) is 0.809. The zero-order valence-corrected chi connectivity index (χ0v) is 102. The lowest BCUT2D eigenvalue weighted by Gasteiger charge is -2.39. The number of unbranched alkanes of at least 4 members (excludes halogenated alkanes) is 20. The molecule has 6 rings (SSSR count). The van der Waals surface area contributed by atoms with Crippen molar-refractivity contribution in [1.82, 2.24) is 0 Å². The Hall–Kier alpha value is -7.66. The summed E-state index contributed by atoms with van der Waals surface area (Å²) in [6.45, 7) is 79.2. The third-order valence-corrected chi connectivity index (χ3v) is 27.5. The maximum absolute atomic E-state index is 11.3. The molecule has 0 saturated carbocycles. The van der Waals surface area contributed by atoms with Gasteiger partial charge in [-0.15, -0.1) is 11.5 Å². The molecule has 0 radical (unpaired) electrons. The van der Waals surface area contributed by atoms with Crippen LogP contribution in [0.1, 0.15) is 462 Å². The lowest BCUT2D eigenvalue weighted by molar-refractivity contribution is -0.929. The number of aromatic carboxylic acids is 4. The Kier molecular flexibility index (Phi) is 95.8. The van der Waals surface area contributed by atoms with Gasteiger partial charge in [-0.25, -0.2) is 9.59 Å². The minimum Gasteiger partial charge on any atom is -0.872 e. The van der Waals surface area contributed by atoms with Crippen LogP contribution in [0.2, 0.25) is 0 Å². The molecule has 3 N–H and O–H groups in total. The van der Waals surface area contributed by atoms with E-state index in [9.17, 15) is 49.8 Å². The van der Waals surface area contributed by atoms with Crippen LogP contribution in [0.3, 0.4) is 0 Å². The topological polar surface area (TPSA) is 277 Å². The molecule has 6 aromatic rings. The molecule has 0 heterocycles. The highest BCUT2D eigenvalue weighted by atomic mass is 16.4. The molecular formula is C129H235N7O13. The van der Waals surface area contributed by atoms with Crippen molar-refractivity contribution in [2.45, 2.75) is 415 Å². The van der Waals surface area contributed by atoms with E-state index in [-0.39, 0.29) is 44.6 Å². The number of carbonyl (C=O) groups is 4. The molecule has 0 aliphatic heterocycles. The highest BCUT2D eigenvalue weighted by Crippen LogP contribution is 2.33. The van der Waals surface area contributed by atoms with E-state index in [0.717, 1.165) is 49.7 Å². The van der Waals surface area contributed by atoms with Gasteiger partial charge < -0.3 is 87.3 Å². The monoisotopic (exact) mass is 2090 g/mol. The van der Waals surface area contributed by atoms with E-state index < -0.39 is 35.4 Å². The minimum atomic E-state index is -1.33. The maximum Gasteiger partial charge on any atom is 0.335 e. The maximum atomic E-state index is 11.3. The largest absolute Gasteiger partial charge is 0.872 e. The van der Waals surface area contributed by atoms with Crippen LogP contribution in [0.5, 0.6) is 23.0 Å². The second kappa shape index (κ2) is 93.9. The first-order chi connectivity index (χ1) is 70.2. The van der Waals surface area contributed by atoms with Crippen LogP contribution in [0.25, 0.3) is 10.8 Å². The summed E-state index contributed by atoms with van der Waals surface area (Å²) in [5.41, 5.74) is 1.48. The summed E-state index contributed by atoms with van der Waals surface area (Å²) in [6, 6.07) is 33.6. The number of hydrogen-bond donors (Lipinski definition) is 2. The first-order valence-electron chi connectivity index (χ1n) is 59.6. The molecule has 0 atom stereocenters. The minimum absolute atomic E-state index is 0. The predicted molar refractivity (Wildman–Crippen MR) is 629 cm³/mol. The fraction of sp³-hybridized carbons (Fsp3) is 0.705. The molecule has 0 fully saturated rings. The molecule has 20 nitrogen and oxygen atoms in total. The van der Waals surface area contributed by atoms with Gasteiger partial charge in [0.15, 0.2) is 0 Å². The van der Waals surface area contributed by atoms with Gasteiger partial charge in [-0.1, -0.05) is 420 Å². The van der Waals surface area contributed by atoms with Gasteiger partial charge in [0, 0.05) is 5.41 Å². The Balaban J connectivity index is -0.000000382. The average molecular weight is 2090 g/mol. The van der Waals surface area contributed by atoms with Gasteiger partial charge in [0.2, 0.25) is 0 Å². The summed E-state index contributed by atoms with van der Waals surface area (Å²) in [4.78, 5) is 41.5. The molecule has 149 heavy (non-hydrogen) atoms. The number of para-hydroxylation sites is 1. The van der Waals surface area contributed by atoms with Crippen molar-refractivity contribution in [2.24, 2.45) is 0 Å². The number of fused-ring (bicyclic) bond motifs is 1. The van der Waals surface area contributed by atoms with Gasteiger partial charge in [0.25, 0.3) is 0 Å². The molecule has 0 amide bonds. The number of carboxylic acid groups (broad SMARTS) is 4. The summed E-state index contributed by atoms with van der Waals surface area (Å²) in [5.74, 6) is -5.89. The van der Waals surface area contributed by atoms with Crippen molar-refractivity contribution >= 4 is 34.6 Å². The lowest BCUT2D eigenvalue weighted by atomic mass is 9.78. The van der Waals surface area contributed by atoms with Crippen LogP contribution in [-0.2, 0) is 5.41 Å². The molecule has 0 aliphatic carbocycles. The second-order valence-electron chi connectivity index (χ2n) is 45.2. The molecule has 0 spiro atoms. The Morgan fingerprint density at radius 2 is 0.423 bits per heavy atom. The number of rotatable bonds is 66. The highest BCUT2D eigenvalue weighted by molar-refractivity contribution is 6.06. The van der Waals surface area contributed by atoms with Crippen LogP contribution in [0, 0.1) is 0 Å². The lowest BCUT2D eigenvalue weighted by Crippen LogP contribution is -2.50. The number of nitrogens with zero attached hydrogens (tertiary/aromatic N) is 7. The number of carbonyl (C=O) groups excluding carboxylic acids is 2. The highest BCUT2D eigenvalue weighted by Gasteiger charge is 2.31. The fourth-order valence-electron chi connectivity index (χ4n) is 18.0. The van der Waals surface area contributed by atoms with Crippen molar-refractivity contribution in [3.8, 4) is 23.0 Å². The third kappa shape index (κ3) is 78.2. The molecular weight excluding hydrogens is 1860 g/mol. The van der Waals surface area contributed by atoms with Crippen molar-refractivity contribution < 1.29 is 96.9 Å². The van der Waals surface area contributed by atoms with E-state index in [1.165, 1.54) is 440 Å². The van der Waals surface area contributed by atoms with E-state index in [4.69, 9.17) is 10.2 Å². The number of quaternary nitrogens is 7. The number of hydrogen-bond acceptors (Lipinski definition) is 11. The summed E-state index contributed by atoms with van der Waals surface area (Å²) in [6.07, 6.45) is 55.3. The Morgan fingerprint density at radius 1 is 0.242 bits per heavy atom. The quantitative estimate of drug-likeness (QED) is 0.0336. The van der Waals surface area contributed by atoms with Gasteiger partial charge in [-0.05, 0) is 168 Å². The molecule has 0 unspecified atom stereocenters. The summed E-state index contributed by atoms with van der Waals surface area (Å²) < 4.78 is 9.10. The number of carboxylic acids is 4. The third-order valence-electron chi connectivity index (χ3n) is 27.5. The SMILES string of the molecule is CC(C)(c1ccc([O-])cc1)c1ccc([O-])cc1.CCCC[N+](CCCC)(CCCC)CCCC.CCCC[N+](CCCC)(CCCC)CCCC.CCCC[N+](CCCC)(CCCC)CCCC.CCCC[N+](CCCC)(CCCC)CCCC.CCCC[N+](CCCC)(CCCC)CCCC.C[N+](C)(C)C.C[N+](C)(C)C.O=C(O)c1c([O-])ccc2ccccc12.O=C(O)c1ccccc1[O-].O=C([O-])c1ccc(C(=O)[O-])cc1.[OH-]. The predicted octanol–water partition coefficient (Wildman–Crippen LogP) is 28.1. The molecule has 864 valence electrons. The summed E-state index contributed by atoms with van der Waals surface area (Å²) >= 11 is 0. The molecule has 6 aromatic carbocycles. The molecule has 20 heteroatoms. The van der Waals surface area contributed by atoms with Crippen LogP contribution in [0.15, 0.2) is 133 Å². The van der Waals surface area contributed by atoms with E-state index in [0.29, 0.717) is 5.39 Å². The van der Waals surface area contributed by atoms with E-state index in [1.807, 2.05) is 24.3 Å². The number of benzene rings is 6. The zero-order chi connectivity index (χ0) is 113. The van der Waals surface area contributed by atoms with Gasteiger partial charge in [0.05, 0.1) is 210 Å². The Morgan fingerprint density at radius 3 is 0.584 bits per heavy atom. The van der Waals surface area contributed by atoms with Crippen LogP contribution >= 0.6 is 0 Å². The van der Waals surface area contributed by atoms with Crippen LogP contribution in [-0.4, -0.2) is 258 Å². The zero-order valence-electron chi connectivity index (χ0n) is 102. The van der Waals surface area contributed by atoms with Crippen LogP contribution < -0.4 is 30.6 Å². The standard InChI is InChI=1S/5C16H36N.C15H16O2.C11H8O3.C8H6O4.C7H6O3.2C4H12N.H2O/c5*1-5-9-13-17(14-10-6-2,15-11-7-3)16-12-8-4;1-15(2,11-3-7-13(16)8-4-11)12-5-9-14(17)10-6-12;12-9-6-5-7-3-1-2-4-8(7)10(9)11(13)14;9-7(10)5-1-2-6(4-3-5)8(11)12;8-6-4-2-1-3-5(6)7(9)10;2*1-5(2,3)4;/h5*5-16H2,1-4H3;3-10,16-17H,1-2H3;1-6,12H,(H,13,14);1-4H,(H,9,10)(H,11,12);1-4,8H,(H,9,10);2*1-4H3;1H2/q5*+1;;;;;2*+1;/p-7. The molecule has 0 bridgehead atoms. The van der Waals surface area contributed by atoms with E-state index in [1.54, 1.807) is 54.6 Å². The van der Waals surface area contributed by atoms with Crippen molar-refractivity contribution in [3.63, 3.8) is 0 Å². The van der Waals surface area contributed by atoms with Crippen molar-refractivity contribution in [3.05, 3.63) is 167 Å². The normalized spacial score (nSPS) is 11.3. The molecule has 0 saturated heterocycles. The molecule has 0 aromatic heterocycles. The van der Waals surface area contributed by atoms with Gasteiger partial charge >= 0.3 is 11.9 Å². The first kappa shape index (κ1) is 152. The molecule has 0 aliphatic rings. The fourth-order valence-corrected chi connectivity index (χ4v) is 18.0. The Bertz CT molecular complexity index is 3590. The van der Waals surface area contributed by atoms with Gasteiger partial charge in [-0.2, -0.15) is 0 Å². The second-order valence-corrected chi connectivity index (χ2v) is 45.2. The van der Waals surface area contributed by atoms with Gasteiger partial charge in [-0.3, -0.25) is 0 Å². The van der Waals surface area contributed by atoms with E-state index >= 15 is 0 Å². The summed E-state index contributed by atoms with van der Waals surface area (Å²) in [7, 11) is 17.0.